The number of anilines is 2. The van der Waals surface area contributed by atoms with E-state index in [0.29, 0.717) is 12.2 Å². The first-order chi connectivity index (χ1) is 18.3. The number of hydrogen-bond donors (Lipinski definition) is 1. The highest BCUT2D eigenvalue weighted by molar-refractivity contribution is 5.61. The molecule has 1 aromatic carbocycles. The van der Waals surface area contributed by atoms with Gasteiger partial charge in [-0.05, 0) is 57.0 Å². The lowest BCUT2D eigenvalue weighted by atomic mass is 9.95. The largest absolute Gasteiger partial charge is 0.419 e. The zero-order chi connectivity index (χ0) is 26.9. The normalized spacial score (nSPS) is 17.1. The van der Waals surface area contributed by atoms with Crippen LogP contribution < -0.4 is 10.2 Å². The van der Waals surface area contributed by atoms with Crippen LogP contribution in [0.2, 0.25) is 0 Å². The van der Waals surface area contributed by atoms with Crippen molar-refractivity contribution in [3.05, 3.63) is 53.5 Å². The molecule has 0 spiro atoms. The SMILES string of the molecule is CCc1c(NC)ncnc1N1CCC(c2nc(-c3ccc(F)c(C(F)(F)F)c3)cn2CCN2CCC2)CC1. The van der Waals surface area contributed by atoms with Gasteiger partial charge < -0.3 is 19.7 Å². The quantitative estimate of drug-likeness (QED) is 0.404. The molecule has 0 radical (unpaired) electrons. The van der Waals surface area contributed by atoms with Gasteiger partial charge in [-0.3, -0.25) is 0 Å². The fourth-order valence-electron chi connectivity index (χ4n) is 5.40. The summed E-state index contributed by atoms with van der Waals surface area (Å²) in [7, 11) is 1.86. The lowest BCUT2D eigenvalue weighted by Gasteiger charge is -2.34. The lowest BCUT2D eigenvalue weighted by Crippen LogP contribution is -2.39. The summed E-state index contributed by atoms with van der Waals surface area (Å²) in [6.07, 6.45) is 2.34. The molecule has 4 heterocycles. The Morgan fingerprint density at radius 1 is 1.05 bits per heavy atom. The van der Waals surface area contributed by atoms with E-state index in [1.54, 1.807) is 6.33 Å². The Balaban J connectivity index is 1.40. The van der Waals surface area contributed by atoms with Crippen LogP contribution in [0, 0.1) is 5.82 Å². The van der Waals surface area contributed by atoms with Crippen molar-refractivity contribution >= 4 is 11.6 Å². The van der Waals surface area contributed by atoms with Gasteiger partial charge >= 0.3 is 6.18 Å². The van der Waals surface area contributed by atoms with E-state index in [2.05, 4.69) is 36.6 Å². The molecule has 2 fully saturated rings. The molecule has 3 aromatic rings. The minimum Gasteiger partial charge on any atom is -0.373 e. The molecule has 0 saturated carbocycles. The van der Waals surface area contributed by atoms with Crippen molar-refractivity contribution < 1.29 is 17.6 Å². The lowest BCUT2D eigenvalue weighted by molar-refractivity contribution is -0.139. The van der Waals surface area contributed by atoms with Crippen LogP contribution in [0.3, 0.4) is 0 Å². The number of hydrogen-bond acceptors (Lipinski definition) is 6. The molecule has 0 bridgehead atoms. The molecule has 204 valence electrons. The Hall–Kier alpha value is -3.21. The van der Waals surface area contributed by atoms with Gasteiger partial charge in [0.1, 0.15) is 29.6 Å². The molecule has 11 heteroatoms. The van der Waals surface area contributed by atoms with Gasteiger partial charge in [0.2, 0.25) is 0 Å². The highest BCUT2D eigenvalue weighted by atomic mass is 19.4. The number of nitrogens with one attached hydrogen (secondary N) is 1. The minimum absolute atomic E-state index is 0.162. The predicted octanol–water partition coefficient (Wildman–Crippen LogP) is 5.19. The van der Waals surface area contributed by atoms with Gasteiger partial charge in [0, 0.05) is 56.5 Å². The first-order valence-corrected chi connectivity index (χ1v) is 13.2. The molecule has 38 heavy (non-hydrogen) atoms. The van der Waals surface area contributed by atoms with E-state index >= 15 is 0 Å². The van der Waals surface area contributed by atoms with Gasteiger partial charge in [0.25, 0.3) is 0 Å². The van der Waals surface area contributed by atoms with E-state index in [1.165, 1.54) is 12.5 Å². The van der Waals surface area contributed by atoms with Gasteiger partial charge in [-0.2, -0.15) is 13.2 Å². The second-order valence-electron chi connectivity index (χ2n) is 9.95. The van der Waals surface area contributed by atoms with Gasteiger partial charge in [0.05, 0.1) is 11.3 Å². The van der Waals surface area contributed by atoms with Gasteiger partial charge in [0.15, 0.2) is 0 Å². The second-order valence-corrected chi connectivity index (χ2v) is 9.95. The van der Waals surface area contributed by atoms with E-state index in [-0.39, 0.29) is 11.5 Å². The molecule has 7 nitrogen and oxygen atoms in total. The Morgan fingerprint density at radius 3 is 2.45 bits per heavy atom. The van der Waals surface area contributed by atoms with Crippen molar-refractivity contribution in [3.63, 3.8) is 0 Å². The standard InChI is InChI=1S/C27H33F4N7/c1-3-20-24(32-2)33-17-34-26(20)37-11-7-18(8-12-37)25-35-23(16-38(25)14-13-36-9-4-10-36)19-5-6-22(28)21(15-19)27(29,30)31/h5-6,15-18H,3-4,7-14H2,1-2H3,(H,32,33,34). The Kier molecular flexibility index (Phi) is 7.56. The van der Waals surface area contributed by atoms with E-state index in [1.807, 2.05) is 13.2 Å². The number of likely N-dealkylation sites (tertiary alicyclic amines) is 1. The molecule has 0 amide bonds. The monoisotopic (exact) mass is 531 g/mol. The number of benzene rings is 1. The second kappa shape index (κ2) is 10.9. The predicted molar refractivity (Wildman–Crippen MR) is 139 cm³/mol. The first-order valence-electron chi connectivity index (χ1n) is 13.2. The Morgan fingerprint density at radius 2 is 1.82 bits per heavy atom. The molecule has 0 atom stereocenters. The van der Waals surface area contributed by atoms with Crippen LogP contribution in [-0.2, 0) is 19.1 Å². The average Bonchev–Trinajstić information content (AvgIpc) is 3.31. The van der Waals surface area contributed by atoms with Crippen LogP contribution in [0.1, 0.15) is 49.1 Å². The van der Waals surface area contributed by atoms with Crippen molar-refractivity contribution in [1.29, 1.82) is 0 Å². The third-order valence-electron chi connectivity index (χ3n) is 7.65. The smallest absolute Gasteiger partial charge is 0.373 e. The highest BCUT2D eigenvalue weighted by Gasteiger charge is 2.35. The number of piperidine rings is 1. The number of alkyl halides is 3. The fourth-order valence-corrected chi connectivity index (χ4v) is 5.40. The van der Waals surface area contributed by atoms with Crippen LogP contribution in [-0.4, -0.2) is 64.2 Å². The Labute approximate surface area is 219 Å². The van der Waals surface area contributed by atoms with E-state index in [4.69, 9.17) is 4.98 Å². The summed E-state index contributed by atoms with van der Waals surface area (Å²) < 4.78 is 56.1. The van der Waals surface area contributed by atoms with Crippen LogP contribution in [0.5, 0.6) is 0 Å². The molecule has 2 saturated heterocycles. The zero-order valence-electron chi connectivity index (χ0n) is 21.7. The summed E-state index contributed by atoms with van der Waals surface area (Å²) in [6.45, 7) is 7.39. The minimum atomic E-state index is -4.76. The maximum Gasteiger partial charge on any atom is 0.419 e. The van der Waals surface area contributed by atoms with Gasteiger partial charge in [-0.15, -0.1) is 0 Å². The third kappa shape index (κ3) is 5.34. The van der Waals surface area contributed by atoms with E-state index < -0.39 is 17.6 Å². The van der Waals surface area contributed by atoms with Crippen LogP contribution in [0.25, 0.3) is 11.3 Å². The van der Waals surface area contributed by atoms with Crippen molar-refractivity contribution in [2.24, 2.45) is 0 Å². The molecular weight excluding hydrogens is 498 g/mol. The van der Waals surface area contributed by atoms with Crippen LogP contribution >= 0.6 is 0 Å². The maximum atomic E-state index is 13.9. The van der Waals surface area contributed by atoms with Crippen molar-refractivity contribution in [3.8, 4) is 11.3 Å². The first kappa shape index (κ1) is 26.4. The van der Waals surface area contributed by atoms with Gasteiger partial charge in [-0.25, -0.2) is 19.3 Å². The fraction of sp³-hybridized carbons (Fsp3) is 0.519. The molecule has 0 aliphatic carbocycles. The summed E-state index contributed by atoms with van der Waals surface area (Å²) in [6, 6.07) is 3.12. The van der Waals surface area contributed by atoms with E-state index in [0.717, 1.165) is 87.1 Å². The summed E-state index contributed by atoms with van der Waals surface area (Å²) >= 11 is 0. The summed E-state index contributed by atoms with van der Waals surface area (Å²) in [5.74, 6) is 1.55. The molecule has 2 aliphatic heterocycles. The average molecular weight is 532 g/mol. The topological polar surface area (TPSA) is 62.1 Å². The summed E-state index contributed by atoms with van der Waals surface area (Å²) in [4.78, 5) is 18.4. The maximum absolute atomic E-state index is 13.9. The van der Waals surface area contributed by atoms with Gasteiger partial charge in [-0.1, -0.05) is 6.92 Å². The van der Waals surface area contributed by atoms with Crippen molar-refractivity contribution in [1.82, 2.24) is 24.4 Å². The number of imidazole rings is 1. The molecule has 0 unspecified atom stereocenters. The number of rotatable bonds is 8. The van der Waals surface area contributed by atoms with Crippen molar-refractivity contribution in [2.75, 3.05) is 50.0 Å². The molecular formula is C27H33F4N7. The highest BCUT2D eigenvalue weighted by Crippen LogP contribution is 2.36. The molecule has 2 aromatic heterocycles. The van der Waals surface area contributed by atoms with Crippen LogP contribution in [0.4, 0.5) is 29.2 Å². The van der Waals surface area contributed by atoms with E-state index in [9.17, 15) is 17.6 Å². The summed E-state index contributed by atoms with van der Waals surface area (Å²) in [5, 5.41) is 3.15. The number of halogens is 4. The third-order valence-corrected chi connectivity index (χ3v) is 7.65. The zero-order valence-corrected chi connectivity index (χ0v) is 21.7. The molecule has 2 aliphatic rings. The Bertz CT molecular complexity index is 1260. The number of aromatic nitrogens is 4. The van der Waals surface area contributed by atoms with Crippen LogP contribution in [0.15, 0.2) is 30.7 Å². The number of nitrogens with zero attached hydrogens (tertiary/aromatic N) is 6. The summed E-state index contributed by atoms with van der Waals surface area (Å²) in [5.41, 5.74) is 0.536. The molecule has 5 rings (SSSR count). The molecule has 1 N–H and O–H groups in total. The van der Waals surface area contributed by atoms with Crippen molar-refractivity contribution in [2.45, 2.75) is 51.2 Å².